The second-order valence-corrected chi connectivity index (χ2v) is 8.76. The fourth-order valence-electron chi connectivity index (χ4n) is 4.37. The van der Waals surface area contributed by atoms with Gasteiger partial charge in [-0.2, -0.15) is 0 Å². The van der Waals surface area contributed by atoms with Crippen molar-refractivity contribution in [2.75, 3.05) is 11.5 Å². The zero-order chi connectivity index (χ0) is 22.3. The van der Waals surface area contributed by atoms with Gasteiger partial charge in [-0.05, 0) is 93.7 Å². The molecule has 0 aliphatic carbocycles. The number of aromatic nitrogens is 1. The molecule has 1 atom stereocenters. The van der Waals surface area contributed by atoms with Crippen molar-refractivity contribution in [3.8, 4) is 0 Å². The van der Waals surface area contributed by atoms with Crippen molar-refractivity contribution >= 4 is 40.9 Å². The van der Waals surface area contributed by atoms with Crippen molar-refractivity contribution in [1.29, 1.82) is 0 Å². The monoisotopic (exact) mass is 437 g/mol. The highest BCUT2D eigenvalue weighted by Crippen LogP contribution is 2.26. The molecule has 162 valence electrons. The van der Waals surface area contributed by atoms with Crippen LogP contribution in [0.4, 0.5) is 5.69 Å². The topological polar surface area (TPSA) is 63.6 Å². The number of amides is 2. The summed E-state index contributed by atoms with van der Waals surface area (Å²) >= 11 is 5.33. The molecule has 0 unspecified atom stereocenters. The van der Waals surface area contributed by atoms with Crippen LogP contribution in [0.5, 0.6) is 0 Å². The molecule has 0 radical (unpaired) electrons. The minimum atomic E-state index is -0.473. The van der Waals surface area contributed by atoms with Crippen LogP contribution >= 0.6 is 12.2 Å². The third kappa shape index (κ3) is 4.20. The van der Waals surface area contributed by atoms with Gasteiger partial charge in [0.2, 0.25) is 0 Å². The number of hydrogen-bond acceptors (Lipinski definition) is 4. The normalized spacial score (nSPS) is 20.6. The van der Waals surface area contributed by atoms with E-state index in [4.69, 9.17) is 17.0 Å². The smallest absolute Gasteiger partial charge is 0.270 e. The van der Waals surface area contributed by atoms with Crippen LogP contribution in [0.3, 0.4) is 0 Å². The lowest BCUT2D eigenvalue weighted by Crippen LogP contribution is -2.54. The Kier molecular flexibility index (Phi) is 5.81. The molecule has 1 aromatic carbocycles. The lowest BCUT2D eigenvalue weighted by molar-refractivity contribution is -0.122. The van der Waals surface area contributed by atoms with Crippen LogP contribution < -0.4 is 10.2 Å². The minimum Gasteiger partial charge on any atom is -0.376 e. The molecule has 4 rings (SSSR count). The Bertz CT molecular complexity index is 1090. The molecular formula is C24H27N3O3S. The molecule has 2 amide bonds. The fourth-order valence-corrected chi connectivity index (χ4v) is 4.65. The van der Waals surface area contributed by atoms with Crippen LogP contribution in [0, 0.1) is 27.7 Å². The molecule has 3 heterocycles. The van der Waals surface area contributed by atoms with Crippen LogP contribution in [0.1, 0.15) is 40.9 Å². The second kappa shape index (κ2) is 8.40. The Morgan fingerprint density at radius 2 is 1.84 bits per heavy atom. The number of carbonyl (C=O) groups is 2. The number of anilines is 1. The Balaban J connectivity index is 1.69. The van der Waals surface area contributed by atoms with Crippen LogP contribution in [-0.4, -0.2) is 34.2 Å². The molecule has 1 N–H and O–H groups in total. The number of rotatable bonds is 4. The summed E-state index contributed by atoms with van der Waals surface area (Å²) in [6.07, 6.45) is 4.02. The molecule has 2 aliphatic heterocycles. The van der Waals surface area contributed by atoms with Gasteiger partial charge < -0.3 is 9.30 Å². The van der Waals surface area contributed by atoms with Gasteiger partial charge >= 0.3 is 0 Å². The van der Waals surface area contributed by atoms with Gasteiger partial charge in [-0.25, -0.2) is 0 Å². The average Bonchev–Trinajstić information content (AvgIpc) is 3.28. The number of ether oxygens (including phenoxy) is 1. The zero-order valence-corrected chi connectivity index (χ0v) is 19.1. The highest BCUT2D eigenvalue weighted by atomic mass is 32.1. The van der Waals surface area contributed by atoms with Gasteiger partial charge in [0.1, 0.15) is 5.57 Å². The van der Waals surface area contributed by atoms with Crippen molar-refractivity contribution in [2.24, 2.45) is 0 Å². The molecule has 2 saturated heterocycles. The number of carbonyl (C=O) groups excluding carboxylic acids is 2. The molecule has 2 aliphatic rings. The van der Waals surface area contributed by atoms with Gasteiger partial charge in [-0.15, -0.1) is 0 Å². The third-order valence-electron chi connectivity index (χ3n) is 5.89. The first-order valence-electron chi connectivity index (χ1n) is 10.5. The van der Waals surface area contributed by atoms with Crippen LogP contribution in [0.2, 0.25) is 0 Å². The molecule has 0 saturated carbocycles. The van der Waals surface area contributed by atoms with E-state index in [0.717, 1.165) is 54.1 Å². The van der Waals surface area contributed by atoms with Crippen LogP contribution in [0.15, 0.2) is 29.8 Å². The van der Waals surface area contributed by atoms with E-state index in [-0.39, 0.29) is 16.8 Å². The van der Waals surface area contributed by atoms with E-state index in [1.165, 1.54) is 4.90 Å². The van der Waals surface area contributed by atoms with Gasteiger partial charge in [0, 0.05) is 24.5 Å². The summed E-state index contributed by atoms with van der Waals surface area (Å²) in [5, 5.41) is 2.77. The molecule has 2 fully saturated rings. The Morgan fingerprint density at radius 1 is 1.13 bits per heavy atom. The Morgan fingerprint density at radius 3 is 2.48 bits per heavy atom. The van der Waals surface area contributed by atoms with Gasteiger partial charge in [0.05, 0.1) is 11.8 Å². The van der Waals surface area contributed by atoms with Crippen molar-refractivity contribution in [3.63, 3.8) is 0 Å². The fraction of sp³-hybridized carbons (Fsp3) is 0.375. The number of nitrogens with zero attached hydrogens (tertiary/aromatic N) is 2. The summed E-state index contributed by atoms with van der Waals surface area (Å²) in [7, 11) is 0. The van der Waals surface area contributed by atoms with Crippen LogP contribution in [0.25, 0.3) is 6.08 Å². The number of aryl methyl sites for hydroxylation is 3. The Labute approximate surface area is 187 Å². The van der Waals surface area contributed by atoms with Gasteiger partial charge in [-0.3, -0.25) is 19.8 Å². The summed E-state index contributed by atoms with van der Waals surface area (Å²) < 4.78 is 7.97. The number of nitrogens with one attached hydrogen (secondary N) is 1. The molecule has 0 spiro atoms. The first-order valence-corrected chi connectivity index (χ1v) is 10.9. The van der Waals surface area contributed by atoms with E-state index in [0.29, 0.717) is 5.69 Å². The number of thiocarbonyl (C=S) groups is 1. The van der Waals surface area contributed by atoms with Gasteiger partial charge in [0.15, 0.2) is 5.11 Å². The summed E-state index contributed by atoms with van der Waals surface area (Å²) in [6, 6.07) is 7.81. The molecule has 31 heavy (non-hydrogen) atoms. The molecule has 2 aromatic rings. The highest BCUT2D eigenvalue weighted by Gasteiger charge is 2.35. The van der Waals surface area contributed by atoms with Crippen molar-refractivity contribution < 1.29 is 14.3 Å². The van der Waals surface area contributed by atoms with E-state index in [1.54, 1.807) is 6.08 Å². The van der Waals surface area contributed by atoms with Gasteiger partial charge in [-0.1, -0.05) is 6.07 Å². The maximum atomic E-state index is 13.3. The van der Waals surface area contributed by atoms with E-state index in [9.17, 15) is 9.59 Å². The van der Waals surface area contributed by atoms with E-state index in [1.807, 2.05) is 52.0 Å². The Hall–Kier alpha value is -2.77. The molecular weight excluding hydrogens is 410 g/mol. The zero-order valence-electron chi connectivity index (χ0n) is 18.3. The maximum Gasteiger partial charge on any atom is 0.270 e. The summed E-state index contributed by atoms with van der Waals surface area (Å²) in [5.41, 5.74) is 5.70. The van der Waals surface area contributed by atoms with Crippen molar-refractivity contribution in [3.05, 3.63) is 57.9 Å². The highest BCUT2D eigenvalue weighted by molar-refractivity contribution is 7.80. The summed E-state index contributed by atoms with van der Waals surface area (Å²) in [4.78, 5) is 27.4. The lowest BCUT2D eigenvalue weighted by atomic mass is 10.1. The van der Waals surface area contributed by atoms with E-state index < -0.39 is 11.8 Å². The molecule has 1 aromatic heterocycles. The second-order valence-electron chi connectivity index (χ2n) is 8.38. The average molecular weight is 438 g/mol. The van der Waals surface area contributed by atoms with E-state index >= 15 is 0 Å². The first kappa shape index (κ1) is 21.5. The van der Waals surface area contributed by atoms with Crippen molar-refractivity contribution in [1.82, 2.24) is 9.88 Å². The third-order valence-corrected chi connectivity index (χ3v) is 6.17. The quantitative estimate of drug-likeness (QED) is 0.450. The van der Waals surface area contributed by atoms with Gasteiger partial charge in [0.25, 0.3) is 11.8 Å². The lowest BCUT2D eigenvalue weighted by Gasteiger charge is -2.29. The number of benzene rings is 1. The van der Waals surface area contributed by atoms with E-state index in [2.05, 4.69) is 9.88 Å². The summed E-state index contributed by atoms with van der Waals surface area (Å²) in [5.74, 6) is -0.887. The molecule has 0 bridgehead atoms. The standard InChI is InChI=1S/C24H27N3O3S/c1-14-8-15(2)10-19(9-14)27-23(29)21(22(28)25-24(27)31)12-18-11-16(3)26(17(18)4)13-20-6-5-7-30-20/h8-12,20H,5-7,13H2,1-4H3,(H,25,28,31)/b21-12+/t20-/m0/s1. The predicted octanol–water partition coefficient (Wildman–Crippen LogP) is 3.73. The summed E-state index contributed by atoms with van der Waals surface area (Å²) in [6.45, 7) is 9.55. The largest absolute Gasteiger partial charge is 0.376 e. The predicted molar refractivity (Wildman–Crippen MR) is 125 cm³/mol. The SMILES string of the molecule is Cc1cc(C)cc(N2C(=O)/C(=C/c3cc(C)n(C[C@@H]4CCCO4)c3C)C(=O)NC2=S)c1. The van der Waals surface area contributed by atoms with Crippen LogP contribution in [-0.2, 0) is 20.9 Å². The first-order chi connectivity index (χ1) is 14.7. The van der Waals surface area contributed by atoms with Crippen molar-refractivity contribution in [2.45, 2.75) is 53.2 Å². The number of hydrogen-bond donors (Lipinski definition) is 1. The maximum absolute atomic E-state index is 13.3. The minimum absolute atomic E-state index is 0.0742. The molecule has 6 nitrogen and oxygen atoms in total. The molecule has 7 heteroatoms.